The van der Waals surface area contributed by atoms with E-state index in [0.717, 1.165) is 56.4 Å². The highest BCUT2D eigenvalue weighted by Crippen LogP contribution is 2.36. The summed E-state index contributed by atoms with van der Waals surface area (Å²) in [6.07, 6.45) is 7.86. The summed E-state index contributed by atoms with van der Waals surface area (Å²) >= 11 is 0. The first-order valence-electron chi connectivity index (χ1n) is 9.86. The molecule has 0 atom stereocenters. The molecule has 0 spiro atoms. The summed E-state index contributed by atoms with van der Waals surface area (Å²) in [4.78, 5) is 4.46. The van der Waals surface area contributed by atoms with Crippen LogP contribution in [0.5, 0.6) is 23.0 Å². The minimum atomic E-state index is 0.569. The summed E-state index contributed by atoms with van der Waals surface area (Å²) < 4.78 is 22.3. The number of nitrogens with zero attached hydrogens (tertiary/aromatic N) is 1. The minimum Gasteiger partial charge on any atom is -0.496 e. The fraction of sp³-hybridized carbons (Fsp3) is 0.240. The van der Waals surface area contributed by atoms with Crippen LogP contribution in [0, 0.1) is 13.8 Å². The maximum absolute atomic E-state index is 5.73. The molecule has 1 aliphatic heterocycles. The fourth-order valence-corrected chi connectivity index (χ4v) is 3.60. The molecule has 154 valence electrons. The van der Waals surface area contributed by atoms with Crippen LogP contribution in [0.3, 0.4) is 0 Å². The van der Waals surface area contributed by atoms with Gasteiger partial charge in [0.05, 0.1) is 14.2 Å². The summed E-state index contributed by atoms with van der Waals surface area (Å²) in [5.41, 5.74) is 6.28. The fourth-order valence-electron chi connectivity index (χ4n) is 3.60. The van der Waals surface area contributed by atoms with E-state index in [2.05, 4.69) is 18.0 Å². The maximum Gasteiger partial charge on any atom is 0.161 e. The minimum absolute atomic E-state index is 0.569. The molecule has 2 heterocycles. The molecule has 5 nitrogen and oxygen atoms in total. The Morgan fingerprint density at radius 1 is 0.833 bits per heavy atom. The van der Waals surface area contributed by atoms with Crippen molar-refractivity contribution in [2.75, 3.05) is 27.4 Å². The van der Waals surface area contributed by atoms with E-state index in [1.54, 1.807) is 14.2 Å². The highest BCUT2D eigenvalue weighted by Gasteiger charge is 2.14. The topological polar surface area (TPSA) is 49.8 Å². The van der Waals surface area contributed by atoms with Crippen molar-refractivity contribution in [2.45, 2.75) is 13.8 Å². The lowest BCUT2D eigenvalue weighted by atomic mass is 9.98. The van der Waals surface area contributed by atoms with Gasteiger partial charge in [-0.3, -0.25) is 4.98 Å². The molecule has 5 heteroatoms. The van der Waals surface area contributed by atoms with Gasteiger partial charge < -0.3 is 18.9 Å². The van der Waals surface area contributed by atoms with E-state index >= 15 is 0 Å². The van der Waals surface area contributed by atoms with Crippen molar-refractivity contribution < 1.29 is 18.9 Å². The Morgan fingerprint density at radius 3 is 2.23 bits per heavy atom. The first kappa shape index (κ1) is 19.8. The Bertz CT molecular complexity index is 1080. The van der Waals surface area contributed by atoms with E-state index < -0.39 is 0 Å². The van der Waals surface area contributed by atoms with Crippen molar-refractivity contribution in [3.05, 3.63) is 65.0 Å². The molecule has 0 N–H and O–H groups in total. The lowest BCUT2D eigenvalue weighted by Gasteiger charge is -2.19. The zero-order valence-electron chi connectivity index (χ0n) is 17.7. The summed E-state index contributed by atoms with van der Waals surface area (Å²) in [6, 6.07) is 10.0. The Labute approximate surface area is 176 Å². The van der Waals surface area contributed by atoms with Crippen LogP contribution in [0.4, 0.5) is 0 Å². The summed E-state index contributed by atoms with van der Waals surface area (Å²) in [5, 5.41) is 0. The average molecular weight is 403 g/mol. The van der Waals surface area contributed by atoms with Gasteiger partial charge in [0.2, 0.25) is 0 Å². The highest BCUT2D eigenvalue weighted by atomic mass is 16.6. The van der Waals surface area contributed by atoms with Gasteiger partial charge in [0.25, 0.3) is 0 Å². The predicted molar refractivity (Wildman–Crippen MR) is 119 cm³/mol. The van der Waals surface area contributed by atoms with Gasteiger partial charge in [0.15, 0.2) is 11.5 Å². The SMILES string of the molecule is COc1cc(/C=C/c2cncc(-c3ccc4c(c3)OCCO4)c2C)cc(OC)c1C. The smallest absolute Gasteiger partial charge is 0.161 e. The number of hydrogen-bond acceptors (Lipinski definition) is 5. The molecule has 2 aromatic carbocycles. The van der Waals surface area contributed by atoms with Crippen molar-refractivity contribution in [1.29, 1.82) is 0 Å². The van der Waals surface area contributed by atoms with Crippen molar-refractivity contribution in [3.63, 3.8) is 0 Å². The molecule has 1 aliphatic rings. The van der Waals surface area contributed by atoms with E-state index in [1.807, 2.05) is 55.7 Å². The Kier molecular flexibility index (Phi) is 5.61. The van der Waals surface area contributed by atoms with E-state index in [-0.39, 0.29) is 0 Å². The van der Waals surface area contributed by atoms with Gasteiger partial charge in [-0.2, -0.15) is 0 Å². The lowest BCUT2D eigenvalue weighted by molar-refractivity contribution is 0.171. The van der Waals surface area contributed by atoms with Crippen LogP contribution in [0.15, 0.2) is 42.7 Å². The number of rotatable bonds is 5. The molecular formula is C25H25NO4. The zero-order chi connectivity index (χ0) is 21.1. The number of aromatic nitrogens is 1. The van der Waals surface area contributed by atoms with Gasteiger partial charge in [-0.1, -0.05) is 18.2 Å². The molecule has 30 heavy (non-hydrogen) atoms. The summed E-state index contributed by atoms with van der Waals surface area (Å²) in [7, 11) is 3.33. The third-order valence-corrected chi connectivity index (χ3v) is 5.34. The second-order valence-electron chi connectivity index (χ2n) is 7.14. The van der Waals surface area contributed by atoms with Crippen LogP contribution >= 0.6 is 0 Å². The van der Waals surface area contributed by atoms with Crippen LogP contribution < -0.4 is 18.9 Å². The predicted octanol–water partition coefficient (Wildman–Crippen LogP) is 5.32. The standard InChI is InChI=1S/C25H25NO4/c1-16-20(6-5-18-11-23(27-3)17(2)24(12-18)28-4)14-26-15-21(16)19-7-8-22-25(13-19)30-10-9-29-22/h5-8,11-15H,9-10H2,1-4H3/b6-5+. The molecule has 0 saturated carbocycles. The molecule has 0 bridgehead atoms. The van der Waals surface area contributed by atoms with Crippen molar-refractivity contribution in [2.24, 2.45) is 0 Å². The molecule has 0 radical (unpaired) electrons. The van der Waals surface area contributed by atoms with Crippen LogP contribution in [0.2, 0.25) is 0 Å². The van der Waals surface area contributed by atoms with Crippen molar-refractivity contribution in [1.82, 2.24) is 4.98 Å². The monoisotopic (exact) mass is 403 g/mol. The third-order valence-electron chi connectivity index (χ3n) is 5.34. The number of methoxy groups -OCH3 is 2. The number of fused-ring (bicyclic) bond motifs is 1. The van der Waals surface area contributed by atoms with Crippen LogP contribution in [-0.2, 0) is 0 Å². The van der Waals surface area contributed by atoms with E-state index in [9.17, 15) is 0 Å². The van der Waals surface area contributed by atoms with Crippen LogP contribution in [-0.4, -0.2) is 32.4 Å². The molecule has 0 unspecified atom stereocenters. The van der Waals surface area contributed by atoms with Crippen molar-refractivity contribution >= 4 is 12.2 Å². The van der Waals surface area contributed by atoms with E-state index in [0.29, 0.717) is 13.2 Å². The van der Waals surface area contributed by atoms with Gasteiger partial charge >= 0.3 is 0 Å². The lowest BCUT2D eigenvalue weighted by Crippen LogP contribution is -2.15. The van der Waals surface area contributed by atoms with Crippen LogP contribution in [0.1, 0.15) is 22.3 Å². The second-order valence-corrected chi connectivity index (χ2v) is 7.14. The largest absolute Gasteiger partial charge is 0.496 e. The Morgan fingerprint density at radius 2 is 1.53 bits per heavy atom. The molecule has 0 fully saturated rings. The van der Waals surface area contributed by atoms with E-state index in [1.165, 1.54) is 0 Å². The number of ether oxygens (including phenoxy) is 4. The Hall–Kier alpha value is -3.47. The van der Waals surface area contributed by atoms with Gasteiger partial charge in [-0.25, -0.2) is 0 Å². The first-order chi connectivity index (χ1) is 14.6. The van der Waals surface area contributed by atoms with Gasteiger partial charge in [-0.15, -0.1) is 0 Å². The molecule has 0 saturated heterocycles. The summed E-state index contributed by atoms with van der Waals surface area (Å²) in [6.45, 7) is 5.24. The average Bonchev–Trinajstić information content (AvgIpc) is 2.78. The zero-order valence-corrected chi connectivity index (χ0v) is 17.7. The molecule has 0 amide bonds. The first-order valence-corrected chi connectivity index (χ1v) is 9.86. The molecule has 3 aromatic rings. The highest BCUT2D eigenvalue weighted by molar-refractivity contribution is 5.78. The number of hydrogen-bond donors (Lipinski definition) is 0. The quantitative estimate of drug-likeness (QED) is 0.577. The van der Waals surface area contributed by atoms with E-state index in [4.69, 9.17) is 18.9 Å². The maximum atomic E-state index is 5.73. The van der Waals surface area contributed by atoms with Gasteiger partial charge in [0, 0.05) is 23.5 Å². The third kappa shape index (κ3) is 3.83. The molecule has 0 aliphatic carbocycles. The second kappa shape index (κ2) is 8.49. The normalized spacial score (nSPS) is 12.8. The molecular weight excluding hydrogens is 378 g/mol. The van der Waals surface area contributed by atoms with Gasteiger partial charge in [-0.05, 0) is 60.4 Å². The van der Waals surface area contributed by atoms with Gasteiger partial charge in [0.1, 0.15) is 24.7 Å². The summed E-state index contributed by atoms with van der Waals surface area (Å²) in [5.74, 6) is 3.16. The molecule has 1 aromatic heterocycles. The van der Waals surface area contributed by atoms with Crippen LogP contribution in [0.25, 0.3) is 23.3 Å². The van der Waals surface area contributed by atoms with Crippen molar-refractivity contribution in [3.8, 4) is 34.1 Å². The number of benzene rings is 2. The molecule has 4 rings (SSSR count). The Balaban J connectivity index is 1.67. The number of pyridine rings is 1.